The molecule has 16 heavy (non-hydrogen) atoms. The molecule has 1 fully saturated rings. The van der Waals surface area contributed by atoms with Crippen LogP contribution in [0.2, 0.25) is 0 Å². The Balaban J connectivity index is 2.36. The number of rotatable bonds is 2. The van der Waals surface area contributed by atoms with Crippen molar-refractivity contribution in [2.45, 2.75) is 25.8 Å². The highest BCUT2D eigenvalue weighted by molar-refractivity contribution is 9.10. The van der Waals surface area contributed by atoms with Gasteiger partial charge in [-0.25, -0.2) is 9.78 Å². The number of aliphatic carboxylic acids is 1. The molecule has 0 radical (unpaired) electrons. The Morgan fingerprint density at radius 3 is 3.12 bits per heavy atom. The monoisotopic (exact) mass is 284 g/mol. The van der Waals surface area contributed by atoms with Gasteiger partial charge in [0.25, 0.3) is 0 Å². The van der Waals surface area contributed by atoms with Crippen LogP contribution in [-0.4, -0.2) is 28.6 Å². The Labute approximate surface area is 102 Å². The molecular formula is C11H13BrN2O2. The maximum atomic E-state index is 11.1. The van der Waals surface area contributed by atoms with Crippen molar-refractivity contribution < 1.29 is 9.90 Å². The molecule has 2 rings (SSSR count). The van der Waals surface area contributed by atoms with Crippen LogP contribution in [0.3, 0.4) is 0 Å². The predicted octanol–water partition coefficient (Wildman–Crippen LogP) is 2.21. The van der Waals surface area contributed by atoms with Crippen molar-refractivity contribution in [3.05, 3.63) is 22.3 Å². The summed E-state index contributed by atoms with van der Waals surface area (Å²) in [6.07, 6.45) is 3.31. The van der Waals surface area contributed by atoms with E-state index in [1.807, 2.05) is 17.9 Å². The zero-order valence-corrected chi connectivity index (χ0v) is 10.6. The van der Waals surface area contributed by atoms with Crippen LogP contribution in [0.4, 0.5) is 5.82 Å². The van der Waals surface area contributed by atoms with E-state index in [9.17, 15) is 4.79 Å². The zero-order valence-electron chi connectivity index (χ0n) is 8.98. The molecule has 1 aromatic rings. The average Bonchev–Trinajstić information content (AvgIpc) is 2.70. The first-order valence-electron chi connectivity index (χ1n) is 5.22. The van der Waals surface area contributed by atoms with E-state index in [-0.39, 0.29) is 0 Å². The quantitative estimate of drug-likeness (QED) is 0.905. The zero-order chi connectivity index (χ0) is 11.7. The van der Waals surface area contributed by atoms with E-state index in [2.05, 4.69) is 20.9 Å². The van der Waals surface area contributed by atoms with Gasteiger partial charge in [0.1, 0.15) is 11.9 Å². The summed E-state index contributed by atoms with van der Waals surface area (Å²) in [6.45, 7) is 2.73. The Hall–Kier alpha value is -1.10. The van der Waals surface area contributed by atoms with Crippen LogP contribution >= 0.6 is 15.9 Å². The van der Waals surface area contributed by atoms with Gasteiger partial charge >= 0.3 is 5.97 Å². The van der Waals surface area contributed by atoms with Crippen LogP contribution in [0.5, 0.6) is 0 Å². The molecule has 1 unspecified atom stereocenters. The molecule has 1 aromatic heterocycles. The first-order valence-corrected chi connectivity index (χ1v) is 6.01. The number of hydrogen-bond acceptors (Lipinski definition) is 3. The molecule has 1 aliphatic heterocycles. The van der Waals surface area contributed by atoms with Crippen molar-refractivity contribution >= 4 is 27.7 Å². The van der Waals surface area contributed by atoms with E-state index in [4.69, 9.17) is 5.11 Å². The number of halogens is 1. The second-order valence-electron chi connectivity index (χ2n) is 3.96. The van der Waals surface area contributed by atoms with Crippen LogP contribution in [-0.2, 0) is 4.79 Å². The molecule has 1 saturated heterocycles. The SMILES string of the molecule is Cc1ccnc(N2CCCC2C(=O)O)c1Br. The van der Waals surface area contributed by atoms with Gasteiger partial charge in [-0.05, 0) is 47.3 Å². The van der Waals surface area contributed by atoms with E-state index < -0.39 is 12.0 Å². The second kappa shape index (κ2) is 4.41. The lowest BCUT2D eigenvalue weighted by molar-refractivity contribution is -0.138. The van der Waals surface area contributed by atoms with Crippen LogP contribution in [0.25, 0.3) is 0 Å². The van der Waals surface area contributed by atoms with Gasteiger partial charge in [-0.2, -0.15) is 0 Å². The predicted molar refractivity (Wildman–Crippen MR) is 64.7 cm³/mol. The summed E-state index contributed by atoms with van der Waals surface area (Å²) in [7, 11) is 0. The highest BCUT2D eigenvalue weighted by Crippen LogP contribution is 2.32. The molecule has 0 aromatic carbocycles. The van der Waals surface area contributed by atoms with Crippen molar-refractivity contribution in [1.82, 2.24) is 4.98 Å². The van der Waals surface area contributed by atoms with Gasteiger partial charge in [-0.15, -0.1) is 0 Å². The molecule has 1 atom stereocenters. The van der Waals surface area contributed by atoms with E-state index in [1.165, 1.54) is 0 Å². The Morgan fingerprint density at radius 1 is 1.69 bits per heavy atom. The standard InChI is InChI=1S/C11H13BrN2O2/c1-7-4-5-13-10(9(7)12)14-6-2-3-8(14)11(15)16/h4-5,8H,2-3,6H2,1H3,(H,15,16). The third-order valence-electron chi connectivity index (χ3n) is 2.87. The molecule has 5 heteroatoms. The third kappa shape index (κ3) is 1.91. The van der Waals surface area contributed by atoms with Crippen LogP contribution < -0.4 is 4.90 Å². The van der Waals surface area contributed by atoms with Gasteiger partial charge in [0.2, 0.25) is 0 Å². The summed E-state index contributed by atoms with van der Waals surface area (Å²) in [5.74, 6) is -0.0300. The first kappa shape index (κ1) is 11.4. The lowest BCUT2D eigenvalue weighted by atomic mass is 10.2. The van der Waals surface area contributed by atoms with Gasteiger partial charge in [0, 0.05) is 12.7 Å². The number of carbonyl (C=O) groups is 1. The van der Waals surface area contributed by atoms with Crippen molar-refractivity contribution in [1.29, 1.82) is 0 Å². The Kier molecular flexibility index (Phi) is 3.14. The molecule has 4 nitrogen and oxygen atoms in total. The summed E-state index contributed by atoms with van der Waals surface area (Å²) in [5, 5.41) is 9.12. The number of hydrogen-bond donors (Lipinski definition) is 1. The fourth-order valence-electron chi connectivity index (χ4n) is 2.00. The fraction of sp³-hybridized carbons (Fsp3) is 0.455. The Morgan fingerprint density at radius 2 is 2.44 bits per heavy atom. The minimum Gasteiger partial charge on any atom is -0.480 e. The highest BCUT2D eigenvalue weighted by atomic mass is 79.9. The number of carboxylic acid groups (broad SMARTS) is 1. The van der Waals surface area contributed by atoms with Crippen LogP contribution in [0.1, 0.15) is 18.4 Å². The molecule has 0 saturated carbocycles. The molecule has 0 spiro atoms. The van der Waals surface area contributed by atoms with E-state index >= 15 is 0 Å². The topological polar surface area (TPSA) is 53.4 Å². The van der Waals surface area contributed by atoms with E-state index in [0.717, 1.165) is 28.8 Å². The molecule has 0 aliphatic carbocycles. The number of anilines is 1. The number of carboxylic acids is 1. The summed E-state index contributed by atoms with van der Waals surface area (Å²) >= 11 is 3.47. The second-order valence-corrected chi connectivity index (χ2v) is 4.75. The maximum Gasteiger partial charge on any atom is 0.326 e. The van der Waals surface area contributed by atoms with Gasteiger partial charge in [0.15, 0.2) is 0 Å². The lowest BCUT2D eigenvalue weighted by Crippen LogP contribution is -2.36. The molecule has 0 bridgehead atoms. The average molecular weight is 285 g/mol. The van der Waals surface area contributed by atoms with E-state index in [0.29, 0.717) is 6.42 Å². The first-order chi connectivity index (χ1) is 7.61. The van der Waals surface area contributed by atoms with Crippen molar-refractivity contribution in [3.8, 4) is 0 Å². The van der Waals surface area contributed by atoms with Gasteiger partial charge in [-0.3, -0.25) is 0 Å². The minimum absolute atomic E-state index is 0.439. The summed E-state index contributed by atoms with van der Waals surface area (Å²) in [4.78, 5) is 17.2. The smallest absolute Gasteiger partial charge is 0.326 e. The summed E-state index contributed by atoms with van der Waals surface area (Å²) in [5.41, 5.74) is 1.07. The molecule has 1 N–H and O–H groups in total. The maximum absolute atomic E-state index is 11.1. The fourth-order valence-corrected chi connectivity index (χ4v) is 2.47. The molecule has 2 heterocycles. The van der Waals surface area contributed by atoms with Gasteiger partial charge < -0.3 is 10.0 Å². The molecule has 86 valence electrons. The lowest BCUT2D eigenvalue weighted by Gasteiger charge is -2.23. The normalized spacial score (nSPS) is 20.1. The number of aryl methyl sites for hydroxylation is 1. The minimum atomic E-state index is -0.771. The van der Waals surface area contributed by atoms with Crippen molar-refractivity contribution in [2.75, 3.05) is 11.4 Å². The van der Waals surface area contributed by atoms with Crippen molar-refractivity contribution in [3.63, 3.8) is 0 Å². The number of pyridine rings is 1. The van der Waals surface area contributed by atoms with Crippen LogP contribution in [0, 0.1) is 6.92 Å². The van der Waals surface area contributed by atoms with E-state index in [1.54, 1.807) is 6.20 Å². The third-order valence-corrected chi connectivity index (χ3v) is 3.85. The molecule has 1 aliphatic rings. The number of nitrogens with zero attached hydrogens (tertiary/aromatic N) is 2. The largest absolute Gasteiger partial charge is 0.480 e. The van der Waals surface area contributed by atoms with Crippen LogP contribution in [0.15, 0.2) is 16.7 Å². The molecule has 0 amide bonds. The van der Waals surface area contributed by atoms with Crippen molar-refractivity contribution in [2.24, 2.45) is 0 Å². The molecular weight excluding hydrogens is 272 g/mol. The highest BCUT2D eigenvalue weighted by Gasteiger charge is 2.32. The van der Waals surface area contributed by atoms with Gasteiger partial charge in [0.05, 0.1) is 4.47 Å². The van der Waals surface area contributed by atoms with Gasteiger partial charge in [-0.1, -0.05) is 0 Å². The summed E-state index contributed by atoms with van der Waals surface area (Å²) < 4.78 is 0.892. The number of aromatic nitrogens is 1. The Bertz CT molecular complexity index is 422. The summed E-state index contributed by atoms with van der Waals surface area (Å²) in [6, 6.07) is 1.46.